The van der Waals surface area contributed by atoms with Crippen molar-refractivity contribution in [2.45, 2.75) is 0 Å². The molecular weight excluding hydrogens is 366 g/mol. The topological polar surface area (TPSA) is 131 Å². The van der Waals surface area contributed by atoms with Crippen molar-refractivity contribution < 1.29 is 29.3 Å². The van der Waals surface area contributed by atoms with Crippen LogP contribution >= 0.6 is 0 Å². The number of amides is 1. The number of hydrogen-bond acceptors (Lipinski definition) is 7. The highest BCUT2D eigenvalue weighted by molar-refractivity contribution is 6.08. The van der Waals surface area contributed by atoms with Crippen LogP contribution in [0.3, 0.4) is 0 Å². The first-order chi connectivity index (χ1) is 13.4. The first-order valence-corrected chi connectivity index (χ1v) is 8.15. The van der Waals surface area contributed by atoms with E-state index in [-0.39, 0.29) is 16.8 Å². The van der Waals surface area contributed by atoms with Gasteiger partial charge in [0.05, 0.1) is 31.6 Å². The predicted molar refractivity (Wildman–Crippen MR) is 99.7 cm³/mol. The highest BCUT2D eigenvalue weighted by Crippen LogP contribution is 2.31. The fraction of sp³-hybridized carbons (Fsp3) is 0.158. The number of carbonyl (C=O) groups excluding carboxylic acids is 1. The van der Waals surface area contributed by atoms with Gasteiger partial charge in [-0.05, 0) is 24.3 Å². The normalized spacial score (nSPS) is 10.5. The Bertz CT molecular complexity index is 1040. The monoisotopic (exact) mass is 383 g/mol. The number of hydrogen-bond donors (Lipinski definition) is 3. The molecule has 0 unspecified atom stereocenters. The zero-order valence-corrected chi connectivity index (χ0v) is 15.1. The number of aromatic nitrogens is 2. The van der Waals surface area contributed by atoms with Gasteiger partial charge in [-0.3, -0.25) is 14.6 Å². The number of carboxylic acids is 1. The van der Waals surface area contributed by atoms with Gasteiger partial charge in [0.1, 0.15) is 34.9 Å². The van der Waals surface area contributed by atoms with Crippen molar-refractivity contribution in [2.75, 3.05) is 20.8 Å². The van der Waals surface area contributed by atoms with E-state index in [0.717, 1.165) is 0 Å². The minimum Gasteiger partial charge on any atom is -0.507 e. The van der Waals surface area contributed by atoms with Crippen LogP contribution in [0.1, 0.15) is 10.4 Å². The van der Waals surface area contributed by atoms with Crippen molar-refractivity contribution in [1.29, 1.82) is 0 Å². The van der Waals surface area contributed by atoms with Gasteiger partial charge in [0.15, 0.2) is 0 Å². The molecule has 0 fully saturated rings. The fourth-order valence-electron chi connectivity index (χ4n) is 2.64. The number of rotatable bonds is 6. The molecule has 1 aromatic heterocycles. The van der Waals surface area contributed by atoms with E-state index in [1.807, 2.05) is 0 Å². The second kappa shape index (κ2) is 7.78. The van der Waals surface area contributed by atoms with Crippen LogP contribution in [0, 0.1) is 0 Å². The molecule has 2 aromatic carbocycles. The number of methoxy groups -OCH3 is 2. The molecule has 0 spiro atoms. The Balaban J connectivity index is 2.07. The number of aromatic hydroxyl groups is 1. The molecule has 0 aliphatic heterocycles. The van der Waals surface area contributed by atoms with Crippen LogP contribution < -0.4 is 14.8 Å². The van der Waals surface area contributed by atoms with Crippen LogP contribution in [0.2, 0.25) is 0 Å². The largest absolute Gasteiger partial charge is 0.507 e. The van der Waals surface area contributed by atoms with Gasteiger partial charge < -0.3 is 25.0 Å². The summed E-state index contributed by atoms with van der Waals surface area (Å²) in [4.78, 5) is 31.7. The van der Waals surface area contributed by atoms with Crippen molar-refractivity contribution in [3.63, 3.8) is 0 Å². The third-order valence-corrected chi connectivity index (χ3v) is 3.97. The zero-order valence-electron chi connectivity index (χ0n) is 15.1. The lowest BCUT2D eigenvalue weighted by atomic mass is 10.1. The lowest BCUT2D eigenvalue weighted by molar-refractivity contribution is -0.135. The molecule has 0 aliphatic carbocycles. The summed E-state index contributed by atoms with van der Waals surface area (Å²) in [5, 5.41) is 21.0. The van der Waals surface area contributed by atoms with Gasteiger partial charge in [-0.2, -0.15) is 0 Å². The predicted octanol–water partition coefficient (Wildman–Crippen LogP) is 1.83. The van der Waals surface area contributed by atoms with Crippen LogP contribution in [0.4, 0.5) is 0 Å². The van der Waals surface area contributed by atoms with Gasteiger partial charge in [0.25, 0.3) is 5.91 Å². The van der Waals surface area contributed by atoms with Crippen LogP contribution in [0.5, 0.6) is 17.2 Å². The summed E-state index contributed by atoms with van der Waals surface area (Å²) in [5.74, 6) is -1.11. The highest BCUT2D eigenvalue weighted by atomic mass is 16.5. The van der Waals surface area contributed by atoms with E-state index in [1.54, 1.807) is 18.2 Å². The molecule has 9 heteroatoms. The summed E-state index contributed by atoms with van der Waals surface area (Å²) in [6, 6.07) is 8.08. The Morgan fingerprint density at radius 2 is 1.79 bits per heavy atom. The number of carboxylic acid groups (broad SMARTS) is 1. The first kappa shape index (κ1) is 18.9. The number of carbonyl (C=O) groups is 2. The van der Waals surface area contributed by atoms with Gasteiger partial charge in [-0.25, -0.2) is 4.98 Å². The van der Waals surface area contributed by atoms with E-state index >= 15 is 0 Å². The summed E-state index contributed by atoms with van der Waals surface area (Å²) < 4.78 is 10.5. The van der Waals surface area contributed by atoms with E-state index in [1.165, 1.54) is 32.5 Å². The van der Waals surface area contributed by atoms with Crippen molar-refractivity contribution >= 4 is 22.9 Å². The molecule has 28 heavy (non-hydrogen) atoms. The van der Waals surface area contributed by atoms with E-state index < -0.39 is 18.4 Å². The van der Waals surface area contributed by atoms with Crippen LogP contribution in [0.15, 0.2) is 36.5 Å². The molecular formula is C19H17N3O6. The Morgan fingerprint density at radius 1 is 1.11 bits per heavy atom. The number of fused-ring (bicyclic) bond motifs is 1. The standard InChI is InChI=1S/C19H17N3O6/c1-27-11-5-10(6-12(7-11)28-2)14-8-20-18-13(22-14)3-4-15(23)17(18)19(26)21-9-16(24)25/h3-8,23H,9H2,1-2H3,(H,21,26)(H,24,25). The summed E-state index contributed by atoms with van der Waals surface area (Å²) in [6.45, 7) is -0.580. The molecule has 0 saturated carbocycles. The van der Waals surface area contributed by atoms with Crippen molar-refractivity contribution in [2.24, 2.45) is 0 Å². The average molecular weight is 383 g/mol. The molecule has 144 valence electrons. The summed E-state index contributed by atoms with van der Waals surface area (Å²) >= 11 is 0. The number of ether oxygens (including phenoxy) is 2. The zero-order chi connectivity index (χ0) is 20.3. The lowest BCUT2D eigenvalue weighted by Crippen LogP contribution is -2.29. The lowest BCUT2D eigenvalue weighted by Gasteiger charge is -2.10. The van der Waals surface area contributed by atoms with Crippen LogP contribution in [-0.4, -0.2) is 52.8 Å². The van der Waals surface area contributed by atoms with Gasteiger partial charge in [0, 0.05) is 11.6 Å². The molecule has 0 bridgehead atoms. The van der Waals surface area contributed by atoms with Crippen molar-refractivity contribution in [3.8, 4) is 28.5 Å². The van der Waals surface area contributed by atoms with E-state index in [0.29, 0.717) is 28.3 Å². The summed E-state index contributed by atoms with van der Waals surface area (Å²) in [7, 11) is 3.07. The third-order valence-electron chi connectivity index (χ3n) is 3.97. The van der Waals surface area contributed by atoms with Crippen LogP contribution in [0.25, 0.3) is 22.3 Å². The second-order valence-electron chi connectivity index (χ2n) is 5.76. The fourth-order valence-corrected chi connectivity index (χ4v) is 2.64. The minimum atomic E-state index is -1.20. The summed E-state index contributed by atoms with van der Waals surface area (Å²) in [5.41, 5.74) is 1.57. The maximum atomic E-state index is 12.3. The molecule has 3 rings (SSSR count). The number of phenols is 1. The molecule has 0 atom stereocenters. The van der Waals surface area contributed by atoms with Gasteiger partial charge >= 0.3 is 5.97 Å². The minimum absolute atomic E-state index is 0.138. The number of aliphatic carboxylic acids is 1. The van der Waals surface area contributed by atoms with Gasteiger partial charge in [0.2, 0.25) is 0 Å². The van der Waals surface area contributed by atoms with Crippen LogP contribution in [-0.2, 0) is 4.79 Å². The molecule has 9 nitrogen and oxygen atoms in total. The Kier molecular flexibility index (Phi) is 5.25. The molecule has 1 heterocycles. The molecule has 0 saturated heterocycles. The Labute approximate surface area is 159 Å². The molecule has 0 aliphatic rings. The Hall–Kier alpha value is -3.88. The number of nitrogens with one attached hydrogen (secondary N) is 1. The number of benzene rings is 2. The van der Waals surface area contributed by atoms with Crippen molar-refractivity contribution in [1.82, 2.24) is 15.3 Å². The highest BCUT2D eigenvalue weighted by Gasteiger charge is 2.18. The molecule has 3 N–H and O–H groups in total. The van der Waals surface area contributed by atoms with E-state index in [2.05, 4.69) is 15.3 Å². The van der Waals surface area contributed by atoms with E-state index in [9.17, 15) is 14.7 Å². The maximum Gasteiger partial charge on any atom is 0.322 e. The number of nitrogens with zero attached hydrogens (tertiary/aromatic N) is 2. The van der Waals surface area contributed by atoms with Gasteiger partial charge in [-0.1, -0.05) is 0 Å². The molecule has 1 amide bonds. The number of phenolic OH excluding ortho intramolecular Hbond substituents is 1. The Morgan fingerprint density at radius 3 is 2.39 bits per heavy atom. The molecule has 3 aromatic rings. The third kappa shape index (κ3) is 3.78. The smallest absolute Gasteiger partial charge is 0.322 e. The summed E-state index contributed by atoms with van der Waals surface area (Å²) in [6.07, 6.45) is 1.45. The maximum absolute atomic E-state index is 12.3. The van der Waals surface area contributed by atoms with Crippen molar-refractivity contribution in [3.05, 3.63) is 42.1 Å². The van der Waals surface area contributed by atoms with Gasteiger partial charge in [-0.15, -0.1) is 0 Å². The molecule has 0 radical (unpaired) electrons. The first-order valence-electron chi connectivity index (χ1n) is 8.15. The average Bonchev–Trinajstić information content (AvgIpc) is 2.71. The quantitative estimate of drug-likeness (QED) is 0.588. The van der Waals surface area contributed by atoms with E-state index in [4.69, 9.17) is 14.6 Å². The SMILES string of the molecule is COc1cc(OC)cc(-c2cnc3c(C(=O)NCC(=O)O)c(O)ccc3n2)c1. The second-order valence-corrected chi connectivity index (χ2v) is 5.76.